The Balaban J connectivity index is 2.69. The normalized spacial score (nSPS) is 21.3. The summed E-state index contributed by atoms with van der Waals surface area (Å²) in [5.74, 6) is 0. The second kappa shape index (κ2) is 6.85. The summed E-state index contributed by atoms with van der Waals surface area (Å²) in [5.41, 5.74) is 0. The molecule has 0 saturated carbocycles. The fourth-order valence-corrected chi connectivity index (χ4v) is 3.84. The maximum Gasteiger partial charge on any atom is 0.230 e. The van der Waals surface area contributed by atoms with E-state index in [1.54, 1.807) is 6.92 Å². The van der Waals surface area contributed by atoms with Crippen LogP contribution >= 0.6 is 0 Å². The van der Waals surface area contributed by atoms with Crippen molar-refractivity contribution in [3.8, 4) is 12.1 Å². The number of hydrogen-bond donors (Lipinski definition) is 0. The summed E-state index contributed by atoms with van der Waals surface area (Å²) in [7, 11) is -3.52. The number of sulfonamides is 1. The summed E-state index contributed by atoms with van der Waals surface area (Å²) in [5, 5.41) is 16.9. The van der Waals surface area contributed by atoms with Gasteiger partial charge in [-0.2, -0.15) is 14.8 Å². The molecule has 19 heavy (non-hydrogen) atoms. The molecule has 0 N–H and O–H groups in total. The fraction of sp³-hybridized carbons (Fsp3) is 0.833. The molecule has 1 heterocycles. The average Bonchev–Trinajstić information content (AvgIpc) is 2.42. The molecule has 6 nitrogen and oxygen atoms in total. The molecule has 1 aliphatic rings. The van der Waals surface area contributed by atoms with Crippen molar-refractivity contribution in [1.29, 1.82) is 10.5 Å². The highest BCUT2D eigenvalue weighted by Crippen LogP contribution is 2.16. The standard InChI is InChI=1S/C12H20N4O2S/c1-3-11(9-13)15-5-7-16(8-6-15)19(17,18)12(4-2)10-14/h11-12H,3-8H2,1-2H3. The number of hydrogen-bond acceptors (Lipinski definition) is 5. The molecule has 0 aromatic heterocycles. The highest BCUT2D eigenvalue weighted by molar-refractivity contribution is 7.90. The van der Waals surface area contributed by atoms with Crippen LogP contribution in [-0.2, 0) is 10.0 Å². The Bertz CT molecular complexity index is 469. The smallest absolute Gasteiger partial charge is 0.230 e. The molecule has 2 unspecified atom stereocenters. The van der Waals surface area contributed by atoms with E-state index in [9.17, 15) is 8.42 Å². The predicted molar refractivity (Wildman–Crippen MR) is 71.4 cm³/mol. The molecule has 0 aromatic carbocycles. The van der Waals surface area contributed by atoms with Crippen LogP contribution in [0.3, 0.4) is 0 Å². The summed E-state index contributed by atoms with van der Waals surface area (Å²) < 4.78 is 25.7. The van der Waals surface area contributed by atoms with Crippen molar-refractivity contribution in [1.82, 2.24) is 9.21 Å². The first kappa shape index (κ1) is 15.9. The van der Waals surface area contributed by atoms with Gasteiger partial charge in [0, 0.05) is 26.2 Å². The molecule has 1 fully saturated rings. The Kier molecular flexibility index (Phi) is 5.74. The van der Waals surface area contributed by atoms with Crippen LogP contribution in [0.25, 0.3) is 0 Å². The number of piperazine rings is 1. The van der Waals surface area contributed by atoms with Crippen LogP contribution in [0.5, 0.6) is 0 Å². The van der Waals surface area contributed by atoms with E-state index in [-0.39, 0.29) is 6.04 Å². The Hall–Kier alpha value is -1.15. The monoisotopic (exact) mass is 284 g/mol. The molecule has 0 aromatic rings. The molecule has 1 rings (SSSR count). The van der Waals surface area contributed by atoms with E-state index < -0.39 is 15.3 Å². The molecule has 2 atom stereocenters. The third-order valence-electron chi connectivity index (χ3n) is 3.48. The van der Waals surface area contributed by atoms with Gasteiger partial charge in [-0.25, -0.2) is 8.42 Å². The number of nitrogens with zero attached hydrogens (tertiary/aromatic N) is 4. The first-order chi connectivity index (χ1) is 9.01. The molecule has 0 bridgehead atoms. The maximum absolute atomic E-state index is 12.2. The van der Waals surface area contributed by atoms with Crippen LogP contribution in [0.15, 0.2) is 0 Å². The van der Waals surface area contributed by atoms with Gasteiger partial charge < -0.3 is 0 Å². The Morgan fingerprint density at radius 3 is 2.00 bits per heavy atom. The van der Waals surface area contributed by atoms with E-state index in [2.05, 4.69) is 6.07 Å². The van der Waals surface area contributed by atoms with Crippen molar-refractivity contribution in [2.45, 2.75) is 38.0 Å². The minimum Gasteiger partial charge on any atom is -0.285 e. The van der Waals surface area contributed by atoms with Crippen molar-refractivity contribution in [2.24, 2.45) is 0 Å². The molecule has 0 radical (unpaired) electrons. The van der Waals surface area contributed by atoms with Gasteiger partial charge >= 0.3 is 0 Å². The summed E-state index contributed by atoms with van der Waals surface area (Å²) in [4.78, 5) is 2.00. The van der Waals surface area contributed by atoms with Crippen LogP contribution in [0.4, 0.5) is 0 Å². The molecular weight excluding hydrogens is 264 g/mol. The van der Waals surface area contributed by atoms with Gasteiger partial charge in [0.1, 0.15) is 0 Å². The van der Waals surface area contributed by atoms with Gasteiger partial charge in [0.05, 0.1) is 18.2 Å². The lowest BCUT2D eigenvalue weighted by atomic mass is 10.2. The SMILES string of the molecule is CCC(C#N)N1CCN(S(=O)(=O)C(C#N)CC)CC1. The summed E-state index contributed by atoms with van der Waals surface area (Å²) >= 11 is 0. The van der Waals surface area contributed by atoms with Crippen molar-refractivity contribution in [2.75, 3.05) is 26.2 Å². The first-order valence-electron chi connectivity index (χ1n) is 6.53. The Labute approximate surface area is 115 Å². The van der Waals surface area contributed by atoms with Crippen LogP contribution in [-0.4, -0.2) is 55.1 Å². The van der Waals surface area contributed by atoms with Gasteiger partial charge in [0.2, 0.25) is 10.0 Å². The largest absolute Gasteiger partial charge is 0.285 e. The zero-order valence-electron chi connectivity index (χ0n) is 11.4. The van der Waals surface area contributed by atoms with Gasteiger partial charge in [-0.05, 0) is 12.8 Å². The number of nitriles is 2. The van der Waals surface area contributed by atoms with Crippen molar-refractivity contribution in [3.05, 3.63) is 0 Å². The third-order valence-corrected chi connectivity index (χ3v) is 5.73. The third kappa shape index (κ3) is 3.44. The lowest BCUT2D eigenvalue weighted by Gasteiger charge is -2.36. The van der Waals surface area contributed by atoms with E-state index in [1.165, 1.54) is 4.31 Å². The van der Waals surface area contributed by atoms with Gasteiger partial charge in [-0.3, -0.25) is 4.90 Å². The van der Waals surface area contributed by atoms with Crippen LogP contribution in [0.2, 0.25) is 0 Å². The minimum absolute atomic E-state index is 0.150. The Morgan fingerprint density at radius 2 is 1.63 bits per heavy atom. The molecule has 0 aliphatic carbocycles. The van der Waals surface area contributed by atoms with E-state index >= 15 is 0 Å². The lowest BCUT2D eigenvalue weighted by molar-refractivity contribution is 0.159. The van der Waals surface area contributed by atoms with E-state index in [4.69, 9.17) is 10.5 Å². The van der Waals surface area contributed by atoms with Gasteiger partial charge in [-0.1, -0.05) is 13.8 Å². The minimum atomic E-state index is -3.52. The average molecular weight is 284 g/mol. The van der Waals surface area contributed by atoms with Crippen LogP contribution in [0.1, 0.15) is 26.7 Å². The predicted octanol–water partition coefficient (Wildman–Crippen LogP) is 0.538. The maximum atomic E-state index is 12.2. The molecule has 1 aliphatic heterocycles. The second-order valence-electron chi connectivity index (χ2n) is 4.56. The van der Waals surface area contributed by atoms with Crippen molar-refractivity contribution in [3.63, 3.8) is 0 Å². The molecular formula is C12H20N4O2S. The van der Waals surface area contributed by atoms with E-state index in [0.29, 0.717) is 32.6 Å². The zero-order chi connectivity index (χ0) is 14.5. The molecule has 0 spiro atoms. The first-order valence-corrected chi connectivity index (χ1v) is 8.03. The Morgan fingerprint density at radius 1 is 1.05 bits per heavy atom. The van der Waals surface area contributed by atoms with Crippen LogP contribution in [0, 0.1) is 22.7 Å². The summed E-state index contributed by atoms with van der Waals surface area (Å²) in [6, 6.07) is 3.93. The zero-order valence-corrected chi connectivity index (χ0v) is 12.2. The van der Waals surface area contributed by atoms with Gasteiger partial charge in [0.15, 0.2) is 5.25 Å². The van der Waals surface area contributed by atoms with Gasteiger partial charge in [0.25, 0.3) is 0 Å². The lowest BCUT2D eigenvalue weighted by Crippen LogP contribution is -2.53. The highest BCUT2D eigenvalue weighted by atomic mass is 32.2. The van der Waals surface area contributed by atoms with Crippen LogP contribution < -0.4 is 0 Å². The number of rotatable bonds is 5. The van der Waals surface area contributed by atoms with Gasteiger partial charge in [-0.15, -0.1) is 0 Å². The summed E-state index contributed by atoms with van der Waals surface area (Å²) in [6.07, 6.45) is 1.04. The van der Waals surface area contributed by atoms with E-state index in [1.807, 2.05) is 17.9 Å². The highest BCUT2D eigenvalue weighted by Gasteiger charge is 2.34. The van der Waals surface area contributed by atoms with Crippen molar-refractivity contribution >= 4 is 10.0 Å². The molecule has 7 heteroatoms. The fourth-order valence-electron chi connectivity index (χ4n) is 2.25. The molecule has 0 amide bonds. The topological polar surface area (TPSA) is 88.2 Å². The van der Waals surface area contributed by atoms with Crippen molar-refractivity contribution < 1.29 is 8.42 Å². The quantitative estimate of drug-likeness (QED) is 0.735. The second-order valence-corrected chi connectivity index (χ2v) is 6.67. The molecule has 106 valence electrons. The summed E-state index contributed by atoms with van der Waals surface area (Å²) in [6.45, 7) is 5.46. The molecule has 1 saturated heterocycles. The van der Waals surface area contributed by atoms with E-state index in [0.717, 1.165) is 6.42 Å².